The minimum Gasteiger partial charge on any atom is -0.508 e. The van der Waals surface area contributed by atoms with E-state index in [1.807, 2.05) is 47.4 Å². The van der Waals surface area contributed by atoms with Crippen LogP contribution in [0, 0.1) is 5.41 Å². The minimum atomic E-state index is -2.63. The molecule has 4 aliphatic rings. The van der Waals surface area contributed by atoms with Gasteiger partial charge in [-0.05, 0) is 97.1 Å². The number of ether oxygens (including phenoxy) is 2. The number of hydrogen-bond acceptors (Lipinski definition) is 7. The number of allylic oxidation sites excluding steroid dienone is 2. The van der Waals surface area contributed by atoms with Crippen molar-refractivity contribution >= 4 is 28.9 Å². The molecule has 1 amide bonds. The molecule has 0 bridgehead atoms. The number of aromatic hydroxyl groups is 1. The van der Waals surface area contributed by atoms with Gasteiger partial charge in [-0.1, -0.05) is 36.4 Å². The van der Waals surface area contributed by atoms with Crippen LogP contribution in [0.5, 0.6) is 17.2 Å². The van der Waals surface area contributed by atoms with Crippen LogP contribution in [0.25, 0.3) is 5.70 Å². The van der Waals surface area contributed by atoms with Gasteiger partial charge in [-0.2, -0.15) is 0 Å². The molecule has 12 heteroatoms. The predicted molar refractivity (Wildman–Crippen MR) is 198 cm³/mol. The number of nitrogens with one attached hydrogen (secondary N) is 2. The number of halogens is 2. The number of fused-ring (bicyclic) bond motifs is 2. The smallest absolute Gasteiger partial charge is 0.261 e. The fourth-order valence-electron chi connectivity index (χ4n) is 7.35. The van der Waals surface area contributed by atoms with Crippen LogP contribution in [0.15, 0.2) is 103 Å². The van der Waals surface area contributed by atoms with Gasteiger partial charge in [0.15, 0.2) is 11.5 Å². The Morgan fingerprint density at radius 2 is 1.70 bits per heavy atom. The molecule has 4 aliphatic heterocycles. The number of hydrazine groups is 1. The Morgan fingerprint density at radius 1 is 1.00 bits per heavy atom. The van der Waals surface area contributed by atoms with E-state index in [0.717, 1.165) is 17.5 Å². The van der Waals surface area contributed by atoms with E-state index in [1.165, 1.54) is 5.56 Å². The van der Waals surface area contributed by atoms with Crippen molar-refractivity contribution in [2.75, 3.05) is 31.3 Å². The maximum atomic E-state index is 14.4. The van der Waals surface area contributed by atoms with Crippen LogP contribution in [0.4, 0.5) is 20.2 Å². The molecule has 0 saturated carbocycles. The molecule has 1 atom stereocenters. The maximum Gasteiger partial charge on any atom is 0.261 e. The first-order valence-electron chi connectivity index (χ1n) is 17.7. The molecule has 1 saturated heterocycles. The zero-order valence-corrected chi connectivity index (χ0v) is 29.3. The third-order valence-electron chi connectivity index (χ3n) is 10.2. The van der Waals surface area contributed by atoms with Crippen molar-refractivity contribution in [3.63, 3.8) is 0 Å². The average molecular weight is 719 g/mol. The van der Waals surface area contributed by atoms with Gasteiger partial charge >= 0.3 is 0 Å². The van der Waals surface area contributed by atoms with Gasteiger partial charge < -0.3 is 19.5 Å². The summed E-state index contributed by atoms with van der Waals surface area (Å²) in [6.07, 6.45) is 6.64. The number of benzene rings is 4. The van der Waals surface area contributed by atoms with Gasteiger partial charge in [-0.3, -0.25) is 25.4 Å². The molecule has 10 nitrogen and oxygen atoms in total. The van der Waals surface area contributed by atoms with Gasteiger partial charge in [-0.15, -0.1) is 0 Å². The first-order chi connectivity index (χ1) is 25.6. The van der Waals surface area contributed by atoms with Crippen molar-refractivity contribution in [1.82, 2.24) is 20.2 Å². The number of carbonyl (C=O) groups is 1. The number of hydrogen-bond donors (Lipinski definition) is 3. The van der Waals surface area contributed by atoms with Gasteiger partial charge in [0.25, 0.3) is 11.8 Å². The summed E-state index contributed by atoms with van der Waals surface area (Å²) in [5.74, 6) is -1.60. The second-order valence-corrected chi connectivity index (χ2v) is 13.9. The fourth-order valence-corrected chi connectivity index (χ4v) is 7.35. The van der Waals surface area contributed by atoms with Crippen LogP contribution in [-0.2, 0) is 19.4 Å². The van der Waals surface area contributed by atoms with E-state index >= 15 is 0 Å². The molecule has 4 aromatic rings. The van der Waals surface area contributed by atoms with Crippen LogP contribution in [0.3, 0.4) is 0 Å². The summed E-state index contributed by atoms with van der Waals surface area (Å²) >= 11 is 0. The highest BCUT2D eigenvalue weighted by Crippen LogP contribution is 2.39. The molecule has 0 radical (unpaired) electrons. The second kappa shape index (κ2) is 13.9. The highest BCUT2D eigenvalue weighted by atomic mass is 19.3. The van der Waals surface area contributed by atoms with Crippen molar-refractivity contribution in [2.45, 2.75) is 44.7 Å². The van der Waals surface area contributed by atoms with Crippen LogP contribution in [-0.4, -0.2) is 70.2 Å². The Bertz CT molecular complexity index is 2100. The summed E-state index contributed by atoms with van der Waals surface area (Å²) in [4.78, 5) is 19.8. The van der Waals surface area contributed by atoms with E-state index in [2.05, 4.69) is 24.5 Å². The van der Waals surface area contributed by atoms with Crippen LogP contribution >= 0.6 is 0 Å². The molecule has 4 aromatic carbocycles. The normalized spacial score (nSPS) is 18.7. The molecular weight excluding hydrogens is 678 g/mol. The Balaban J connectivity index is 1.06. The number of alkyl halides is 2. The number of carbonyl (C=O) groups excluding carboxylic acids is 1. The SMILES string of the molecule is C[C@@H]1Cc2ccccc2CN1C(=O)c1cc2c(cc1C1=CC=CN(C(=N)N(c3ccc(O)cc3)c3ccc(CCN4CCC(F)(F)C4)cc3)N1)OCO2. The van der Waals surface area contributed by atoms with Gasteiger partial charge in [0.2, 0.25) is 12.8 Å². The standard InChI is InChI=1S/C41H40F2N6O4/c1-27-21-29-5-2-3-6-30(29)24-47(27)39(51)35-23-38-37(52-26-53-38)22-34(35)36-7-4-18-48(45-36)40(44)49(32-12-14-33(50)15-13-32)31-10-8-28(9-11-31)16-19-46-20-17-41(42,43)25-46/h2-15,18,22-23,27,44-45,50H,16-17,19-21,24-26H2,1H3/t27-/m1/s1. The Kier molecular flexibility index (Phi) is 8.99. The minimum absolute atomic E-state index is 0.0243. The molecule has 0 aliphatic carbocycles. The zero-order valence-electron chi connectivity index (χ0n) is 29.3. The Hall–Kier alpha value is -5.88. The third-order valence-corrected chi connectivity index (χ3v) is 10.2. The number of anilines is 2. The average Bonchev–Trinajstić information content (AvgIpc) is 3.79. The van der Waals surface area contributed by atoms with E-state index in [0.29, 0.717) is 65.8 Å². The molecule has 0 spiro atoms. The molecule has 8 rings (SSSR count). The summed E-state index contributed by atoms with van der Waals surface area (Å²) in [6, 6.07) is 26.0. The number of guanidine groups is 1. The van der Waals surface area contributed by atoms with Crippen molar-refractivity contribution in [3.8, 4) is 17.2 Å². The quantitative estimate of drug-likeness (QED) is 0.138. The van der Waals surface area contributed by atoms with Crippen molar-refractivity contribution < 1.29 is 28.2 Å². The van der Waals surface area contributed by atoms with E-state index < -0.39 is 5.92 Å². The number of amides is 1. The first kappa shape index (κ1) is 34.2. The van der Waals surface area contributed by atoms with E-state index in [9.17, 15) is 24.1 Å². The number of likely N-dealkylation sites (tertiary alicyclic amines) is 1. The van der Waals surface area contributed by atoms with E-state index in [4.69, 9.17) is 9.47 Å². The van der Waals surface area contributed by atoms with Gasteiger partial charge in [0.05, 0.1) is 17.8 Å². The van der Waals surface area contributed by atoms with Crippen LogP contribution in [0.2, 0.25) is 0 Å². The number of phenols is 1. The van der Waals surface area contributed by atoms with Gasteiger partial charge in [0.1, 0.15) is 5.75 Å². The molecule has 3 N–H and O–H groups in total. The lowest BCUT2D eigenvalue weighted by Crippen LogP contribution is -2.46. The molecule has 4 heterocycles. The van der Waals surface area contributed by atoms with Crippen molar-refractivity contribution in [1.29, 1.82) is 5.41 Å². The summed E-state index contributed by atoms with van der Waals surface area (Å²) < 4.78 is 38.9. The van der Waals surface area contributed by atoms with Crippen LogP contribution in [0.1, 0.15) is 46.0 Å². The molecule has 1 fully saturated rings. The van der Waals surface area contributed by atoms with Crippen molar-refractivity contribution in [2.24, 2.45) is 0 Å². The lowest BCUT2D eigenvalue weighted by molar-refractivity contribution is 0.0123. The highest BCUT2D eigenvalue weighted by molar-refractivity contribution is 6.03. The molecular formula is C41H40F2N6O4. The summed E-state index contributed by atoms with van der Waals surface area (Å²) in [7, 11) is 0. The Morgan fingerprint density at radius 3 is 2.42 bits per heavy atom. The summed E-state index contributed by atoms with van der Waals surface area (Å²) in [6.45, 7) is 3.32. The molecule has 53 heavy (non-hydrogen) atoms. The first-order valence-corrected chi connectivity index (χ1v) is 17.7. The maximum absolute atomic E-state index is 14.4. The van der Waals surface area contributed by atoms with Gasteiger partial charge in [-0.25, -0.2) is 13.8 Å². The molecule has 0 unspecified atom stereocenters. The number of phenolic OH excluding ortho intramolecular Hbond substituents is 1. The Labute approximate surface area is 306 Å². The van der Waals surface area contributed by atoms with E-state index in [1.54, 1.807) is 63.5 Å². The lowest BCUT2D eigenvalue weighted by atomic mass is 9.93. The predicted octanol–water partition coefficient (Wildman–Crippen LogP) is 7.04. The molecule has 0 aromatic heterocycles. The fraction of sp³-hybridized carbons (Fsp3) is 0.268. The van der Waals surface area contributed by atoms with E-state index in [-0.39, 0.29) is 43.4 Å². The van der Waals surface area contributed by atoms with Crippen molar-refractivity contribution in [3.05, 3.63) is 131 Å². The third kappa shape index (κ3) is 7.02. The zero-order chi connectivity index (χ0) is 36.7. The largest absolute Gasteiger partial charge is 0.508 e. The second-order valence-electron chi connectivity index (χ2n) is 13.9. The summed E-state index contributed by atoms with van der Waals surface area (Å²) in [5, 5.41) is 21.1. The topological polar surface area (TPSA) is 105 Å². The van der Waals surface area contributed by atoms with Crippen LogP contribution < -0.4 is 19.8 Å². The highest BCUT2D eigenvalue weighted by Gasteiger charge is 2.38. The number of rotatable bonds is 7. The monoisotopic (exact) mass is 718 g/mol. The van der Waals surface area contributed by atoms with Gasteiger partial charge in [0, 0.05) is 55.2 Å². The number of nitrogens with zero attached hydrogens (tertiary/aromatic N) is 4. The molecule has 272 valence electrons. The lowest BCUT2D eigenvalue weighted by Gasteiger charge is -2.36. The summed E-state index contributed by atoms with van der Waals surface area (Å²) in [5.41, 5.74) is 9.65.